The average Bonchev–Trinajstić information content (AvgIpc) is 2.18. The molecule has 0 unspecified atom stereocenters. The number of unbranched alkanes of at least 4 members (excludes halogenated alkanes) is 6. The fourth-order valence-corrected chi connectivity index (χ4v) is 1.11. The molecule has 0 aromatic heterocycles. The predicted molar refractivity (Wildman–Crippen MR) is 62.5 cm³/mol. The minimum atomic E-state index is 0.354. The predicted octanol–water partition coefficient (Wildman–Crippen LogP) is 3.16. The Hall–Kier alpha value is -0.340. The van der Waals surface area contributed by atoms with Crippen LogP contribution in [0.3, 0.4) is 0 Å². The van der Waals surface area contributed by atoms with Crippen LogP contribution in [0.15, 0.2) is 12.7 Å². The Morgan fingerprint density at radius 3 is 1.86 bits per heavy atom. The molecule has 0 aliphatic heterocycles. The van der Waals surface area contributed by atoms with E-state index >= 15 is 0 Å². The molecular weight excluding hydrogens is 176 g/mol. The molecule has 2 heteroatoms. The number of ether oxygens (including phenoxy) is 1. The minimum Gasteiger partial charge on any atom is -0.396 e. The summed E-state index contributed by atoms with van der Waals surface area (Å²) in [4.78, 5) is 0. The molecule has 14 heavy (non-hydrogen) atoms. The van der Waals surface area contributed by atoms with Crippen LogP contribution >= 0.6 is 0 Å². The first-order chi connectivity index (χ1) is 6.83. The normalized spacial score (nSPS) is 9.07. The number of allylic oxidation sites excluding steroid dienone is 1. The molecule has 0 amide bonds. The van der Waals surface area contributed by atoms with Crippen LogP contribution in [-0.2, 0) is 4.74 Å². The lowest BCUT2D eigenvalue weighted by Crippen LogP contribution is -1.83. The van der Waals surface area contributed by atoms with Gasteiger partial charge < -0.3 is 9.84 Å². The van der Waals surface area contributed by atoms with E-state index in [1.165, 1.54) is 32.1 Å². The molecule has 2 nitrogen and oxygen atoms in total. The molecule has 0 rings (SSSR count). The molecule has 0 heterocycles. The van der Waals surface area contributed by atoms with Crippen molar-refractivity contribution in [3.8, 4) is 0 Å². The summed E-state index contributed by atoms with van der Waals surface area (Å²) in [5, 5.41) is 8.49. The zero-order valence-corrected chi connectivity index (χ0v) is 9.80. The van der Waals surface area contributed by atoms with E-state index in [0.29, 0.717) is 6.61 Å². The van der Waals surface area contributed by atoms with Crippen molar-refractivity contribution < 1.29 is 9.84 Å². The molecule has 0 aliphatic carbocycles. The maximum atomic E-state index is 8.49. The van der Waals surface area contributed by atoms with Crippen LogP contribution in [0, 0.1) is 0 Å². The number of aliphatic hydroxyl groups excluding tert-OH is 1. The van der Waals surface area contributed by atoms with E-state index in [1.54, 1.807) is 14.2 Å². The quantitative estimate of drug-likeness (QED) is 0.484. The summed E-state index contributed by atoms with van der Waals surface area (Å²) in [6, 6.07) is 0. The van der Waals surface area contributed by atoms with Gasteiger partial charge in [-0.05, 0) is 19.3 Å². The maximum Gasteiger partial charge on any atom is 0.0431 e. The molecule has 0 bridgehead atoms. The van der Waals surface area contributed by atoms with Gasteiger partial charge in [-0.25, -0.2) is 0 Å². The van der Waals surface area contributed by atoms with E-state index in [1.807, 2.05) is 6.08 Å². The number of aliphatic hydroxyl groups is 1. The van der Waals surface area contributed by atoms with E-state index in [0.717, 1.165) is 12.8 Å². The van der Waals surface area contributed by atoms with Crippen LogP contribution < -0.4 is 0 Å². The number of methoxy groups -OCH3 is 1. The highest BCUT2D eigenvalue weighted by molar-refractivity contribution is 4.65. The van der Waals surface area contributed by atoms with Crippen LogP contribution in [0.5, 0.6) is 0 Å². The van der Waals surface area contributed by atoms with Crippen molar-refractivity contribution in [1.29, 1.82) is 0 Å². The summed E-state index contributed by atoms with van der Waals surface area (Å²) >= 11 is 0. The van der Waals surface area contributed by atoms with Gasteiger partial charge in [0.15, 0.2) is 0 Å². The molecule has 0 spiro atoms. The minimum absolute atomic E-state index is 0.354. The van der Waals surface area contributed by atoms with Gasteiger partial charge >= 0.3 is 0 Å². The lowest BCUT2D eigenvalue weighted by molar-refractivity contribution is 0.277. The number of hydrogen-bond acceptors (Lipinski definition) is 2. The lowest BCUT2D eigenvalue weighted by Gasteiger charge is -1.97. The van der Waals surface area contributed by atoms with Gasteiger partial charge in [0.1, 0.15) is 0 Å². The largest absolute Gasteiger partial charge is 0.396 e. The first kappa shape index (κ1) is 16.1. The molecule has 86 valence electrons. The van der Waals surface area contributed by atoms with E-state index in [-0.39, 0.29) is 0 Å². The van der Waals surface area contributed by atoms with Gasteiger partial charge in [0.25, 0.3) is 0 Å². The summed E-state index contributed by atoms with van der Waals surface area (Å²) in [6.07, 6.45) is 10.5. The summed E-state index contributed by atoms with van der Waals surface area (Å²) in [5.41, 5.74) is 0. The molecule has 0 aliphatic rings. The van der Waals surface area contributed by atoms with E-state index in [4.69, 9.17) is 5.11 Å². The van der Waals surface area contributed by atoms with Crippen molar-refractivity contribution in [1.82, 2.24) is 0 Å². The molecule has 0 aromatic rings. The highest BCUT2D eigenvalue weighted by atomic mass is 16.4. The second kappa shape index (κ2) is 18.4. The Morgan fingerprint density at radius 1 is 1.00 bits per heavy atom. The molecular formula is C12H26O2. The summed E-state index contributed by atoms with van der Waals surface area (Å²) in [6.45, 7) is 4.03. The van der Waals surface area contributed by atoms with Gasteiger partial charge in [0.2, 0.25) is 0 Å². The van der Waals surface area contributed by atoms with Crippen LogP contribution in [0.25, 0.3) is 0 Å². The fraction of sp³-hybridized carbons (Fsp3) is 0.833. The third-order valence-electron chi connectivity index (χ3n) is 1.82. The maximum absolute atomic E-state index is 8.49. The van der Waals surface area contributed by atoms with Crippen molar-refractivity contribution in [2.24, 2.45) is 0 Å². The second-order valence-corrected chi connectivity index (χ2v) is 3.33. The van der Waals surface area contributed by atoms with Gasteiger partial charge in [-0.3, -0.25) is 0 Å². The summed E-state index contributed by atoms with van der Waals surface area (Å²) in [5.74, 6) is 0. The van der Waals surface area contributed by atoms with E-state index in [9.17, 15) is 0 Å². The van der Waals surface area contributed by atoms with Crippen molar-refractivity contribution in [2.45, 2.75) is 44.9 Å². The molecule has 0 saturated carbocycles. The van der Waals surface area contributed by atoms with Crippen molar-refractivity contribution in [3.63, 3.8) is 0 Å². The monoisotopic (exact) mass is 202 g/mol. The Balaban J connectivity index is 0. The number of rotatable bonds is 8. The Morgan fingerprint density at radius 2 is 1.43 bits per heavy atom. The van der Waals surface area contributed by atoms with Crippen molar-refractivity contribution >= 4 is 0 Å². The SMILES string of the molecule is C=CCCCCCCCCO.COC. The van der Waals surface area contributed by atoms with Gasteiger partial charge in [0, 0.05) is 20.8 Å². The number of hydrogen-bond donors (Lipinski definition) is 1. The first-order valence-electron chi connectivity index (χ1n) is 5.45. The van der Waals surface area contributed by atoms with Crippen molar-refractivity contribution in [2.75, 3.05) is 20.8 Å². The van der Waals surface area contributed by atoms with Crippen molar-refractivity contribution in [3.05, 3.63) is 12.7 Å². The second-order valence-electron chi connectivity index (χ2n) is 3.33. The van der Waals surface area contributed by atoms with Gasteiger partial charge in [-0.1, -0.05) is 31.8 Å². The fourth-order valence-electron chi connectivity index (χ4n) is 1.11. The van der Waals surface area contributed by atoms with Crippen LogP contribution in [-0.4, -0.2) is 25.9 Å². The van der Waals surface area contributed by atoms with E-state index < -0.39 is 0 Å². The third kappa shape index (κ3) is 22.6. The highest BCUT2D eigenvalue weighted by Gasteiger charge is 1.88. The summed E-state index contributed by atoms with van der Waals surface area (Å²) in [7, 11) is 3.25. The average molecular weight is 202 g/mol. The molecule has 0 saturated heterocycles. The Bertz CT molecular complexity index is 92.3. The Labute approximate surface area is 89.0 Å². The molecule has 1 N–H and O–H groups in total. The highest BCUT2D eigenvalue weighted by Crippen LogP contribution is 2.06. The summed E-state index contributed by atoms with van der Waals surface area (Å²) < 4.78 is 4.25. The van der Waals surface area contributed by atoms with Crippen LogP contribution in [0.2, 0.25) is 0 Å². The molecule has 0 fully saturated rings. The van der Waals surface area contributed by atoms with Gasteiger partial charge in [0.05, 0.1) is 0 Å². The zero-order valence-electron chi connectivity index (χ0n) is 9.80. The topological polar surface area (TPSA) is 29.5 Å². The Kier molecular flexibility index (Phi) is 21.2. The standard InChI is InChI=1S/C10H20O.C2H6O/c1-2-3-4-5-6-7-8-9-10-11;1-3-2/h2,11H,1,3-10H2;1-2H3. The van der Waals surface area contributed by atoms with Crippen LogP contribution in [0.4, 0.5) is 0 Å². The van der Waals surface area contributed by atoms with Crippen LogP contribution in [0.1, 0.15) is 44.9 Å². The molecule has 0 aromatic carbocycles. The van der Waals surface area contributed by atoms with Gasteiger partial charge in [-0.15, -0.1) is 6.58 Å². The van der Waals surface area contributed by atoms with E-state index in [2.05, 4.69) is 11.3 Å². The molecule has 0 atom stereocenters. The third-order valence-corrected chi connectivity index (χ3v) is 1.82. The first-order valence-corrected chi connectivity index (χ1v) is 5.45. The zero-order chi connectivity index (χ0) is 11.1. The lowest BCUT2D eigenvalue weighted by atomic mass is 10.1. The smallest absolute Gasteiger partial charge is 0.0431 e. The molecule has 0 radical (unpaired) electrons. The van der Waals surface area contributed by atoms with Gasteiger partial charge in [-0.2, -0.15) is 0 Å².